The lowest BCUT2D eigenvalue weighted by Gasteiger charge is -2.10. The average Bonchev–Trinajstić information content (AvgIpc) is 2.42. The van der Waals surface area contributed by atoms with Crippen molar-refractivity contribution in [2.75, 3.05) is 20.2 Å². The van der Waals surface area contributed by atoms with Crippen molar-refractivity contribution >= 4 is 0 Å². The first-order valence-corrected chi connectivity index (χ1v) is 6.24. The van der Waals surface area contributed by atoms with E-state index in [9.17, 15) is 8.78 Å². The van der Waals surface area contributed by atoms with Crippen molar-refractivity contribution in [3.05, 3.63) is 29.3 Å². The van der Waals surface area contributed by atoms with E-state index in [1.54, 1.807) is 0 Å². The molecule has 3 nitrogen and oxygen atoms in total. The number of ether oxygens (including phenoxy) is 1. The lowest BCUT2D eigenvalue weighted by atomic mass is 10.1. The first-order chi connectivity index (χ1) is 9.12. The van der Waals surface area contributed by atoms with E-state index >= 15 is 0 Å². The van der Waals surface area contributed by atoms with Crippen molar-refractivity contribution in [2.45, 2.75) is 19.8 Å². The molecule has 1 atom stereocenters. The molecule has 1 aromatic rings. The lowest BCUT2D eigenvalue weighted by molar-refractivity contribution is 0.381. The van der Waals surface area contributed by atoms with Crippen molar-refractivity contribution in [1.82, 2.24) is 5.32 Å². The summed E-state index contributed by atoms with van der Waals surface area (Å²) >= 11 is 0. The molecule has 1 N–H and O–H groups in total. The SMILES string of the molecule is CCC(C#N)CNCCc1cc(F)c(OC)cc1F. The number of nitrogens with one attached hydrogen (secondary N) is 1. The molecule has 0 bridgehead atoms. The van der Waals surface area contributed by atoms with Gasteiger partial charge in [-0.15, -0.1) is 0 Å². The van der Waals surface area contributed by atoms with Crippen LogP contribution in [0, 0.1) is 28.9 Å². The molecule has 0 heterocycles. The van der Waals surface area contributed by atoms with Crippen molar-refractivity contribution in [3.8, 4) is 11.8 Å². The van der Waals surface area contributed by atoms with Gasteiger partial charge in [0.25, 0.3) is 0 Å². The Labute approximate surface area is 112 Å². The molecule has 19 heavy (non-hydrogen) atoms. The highest BCUT2D eigenvalue weighted by Crippen LogP contribution is 2.21. The summed E-state index contributed by atoms with van der Waals surface area (Å²) in [5.41, 5.74) is 0.302. The van der Waals surface area contributed by atoms with Gasteiger partial charge in [-0.25, -0.2) is 8.78 Å². The van der Waals surface area contributed by atoms with E-state index in [4.69, 9.17) is 10.00 Å². The zero-order chi connectivity index (χ0) is 14.3. The summed E-state index contributed by atoms with van der Waals surface area (Å²) in [6.45, 7) is 3.00. The van der Waals surface area contributed by atoms with Gasteiger partial charge in [-0.3, -0.25) is 0 Å². The second-order valence-corrected chi connectivity index (χ2v) is 4.27. The summed E-state index contributed by atoms with van der Waals surface area (Å²) in [6, 6.07) is 4.37. The molecule has 0 saturated carbocycles. The van der Waals surface area contributed by atoms with Crippen LogP contribution in [0.4, 0.5) is 8.78 Å². The van der Waals surface area contributed by atoms with Gasteiger partial charge in [0.05, 0.1) is 19.1 Å². The van der Waals surface area contributed by atoms with E-state index in [0.29, 0.717) is 25.1 Å². The maximum Gasteiger partial charge on any atom is 0.165 e. The number of hydrogen-bond donors (Lipinski definition) is 1. The average molecular weight is 268 g/mol. The molecule has 0 aliphatic heterocycles. The normalized spacial score (nSPS) is 11.9. The Bertz CT molecular complexity index is 457. The molecule has 104 valence electrons. The quantitative estimate of drug-likeness (QED) is 0.773. The first-order valence-electron chi connectivity index (χ1n) is 6.24. The predicted molar refractivity (Wildman–Crippen MR) is 68.9 cm³/mol. The molecule has 0 aliphatic carbocycles. The van der Waals surface area contributed by atoms with E-state index in [1.807, 2.05) is 6.92 Å². The van der Waals surface area contributed by atoms with Crippen LogP contribution in [0.5, 0.6) is 5.75 Å². The second kappa shape index (κ2) is 7.70. The molecule has 5 heteroatoms. The Morgan fingerprint density at radius 3 is 2.68 bits per heavy atom. The Hall–Kier alpha value is -1.67. The number of methoxy groups -OCH3 is 1. The molecule has 0 radical (unpaired) electrons. The molecule has 1 unspecified atom stereocenters. The number of halogens is 2. The number of hydrogen-bond acceptors (Lipinski definition) is 3. The van der Waals surface area contributed by atoms with Crippen LogP contribution >= 0.6 is 0 Å². The van der Waals surface area contributed by atoms with Crippen molar-refractivity contribution in [3.63, 3.8) is 0 Å². The molecule has 1 aromatic carbocycles. The van der Waals surface area contributed by atoms with Gasteiger partial charge in [0.15, 0.2) is 11.6 Å². The van der Waals surface area contributed by atoms with Gasteiger partial charge in [-0.2, -0.15) is 5.26 Å². The number of nitriles is 1. The zero-order valence-corrected chi connectivity index (χ0v) is 11.2. The van der Waals surface area contributed by atoms with Crippen LogP contribution < -0.4 is 10.1 Å². The fraction of sp³-hybridized carbons (Fsp3) is 0.500. The van der Waals surface area contributed by atoms with E-state index in [1.165, 1.54) is 7.11 Å². The van der Waals surface area contributed by atoms with Gasteiger partial charge in [-0.1, -0.05) is 6.92 Å². The van der Waals surface area contributed by atoms with E-state index in [2.05, 4.69) is 11.4 Å². The van der Waals surface area contributed by atoms with Crippen LogP contribution in [-0.4, -0.2) is 20.2 Å². The molecular formula is C14H18F2N2O. The van der Waals surface area contributed by atoms with Gasteiger partial charge < -0.3 is 10.1 Å². The van der Waals surface area contributed by atoms with E-state index in [0.717, 1.165) is 18.6 Å². The second-order valence-electron chi connectivity index (χ2n) is 4.27. The highest BCUT2D eigenvalue weighted by Gasteiger charge is 2.10. The monoisotopic (exact) mass is 268 g/mol. The third kappa shape index (κ3) is 4.49. The minimum Gasteiger partial charge on any atom is -0.494 e. The third-order valence-corrected chi connectivity index (χ3v) is 2.96. The van der Waals surface area contributed by atoms with Gasteiger partial charge >= 0.3 is 0 Å². The number of benzene rings is 1. The minimum absolute atomic E-state index is 0.0440. The molecule has 0 amide bonds. The van der Waals surface area contributed by atoms with Crippen LogP contribution in [0.3, 0.4) is 0 Å². The molecule has 0 spiro atoms. The summed E-state index contributed by atoms with van der Waals surface area (Å²) in [5, 5.41) is 11.8. The summed E-state index contributed by atoms with van der Waals surface area (Å²) in [6.07, 6.45) is 1.14. The summed E-state index contributed by atoms with van der Waals surface area (Å²) in [5.74, 6) is -1.18. The van der Waals surface area contributed by atoms with Crippen LogP contribution in [0.2, 0.25) is 0 Å². The maximum absolute atomic E-state index is 13.6. The smallest absolute Gasteiger partial charge is 0.165 e. The zero-order valence-electron chi connectivity index (χ0n) is 11.2. The maximum atomic E-state index is 13.6. The largest absolute Gasteiger partial charge is 0.494 e. The molecule has 0 fully saturated rings. The third-order valence-electron chi connectivity index (χ3n) is 2.96. The topological polar surface area (TPSA) is 45.0 Å². The summed E-state index contributed by atoms with van der Waals surface area (Å²) < 4.78 is 31.7. The lowest BCUT2D eigenvalue weighted by Crippen LogP contribution is -2.24. The van der Waals surface area contributed by atoms with E-state index < -0.39 is 11.6 Å². The van der Waals surface area contributed by atoms with E-state index in [-0.39, 0.29) is 11.7 Å². The first kappa shape index (κ1) is 15.4. The fourth-order valence-electron chi connectivity index (χ4n) is 1.70. The number of nitrogens with zero attached hydrogens (tertiary/aromatic N) is 1. The van der Waals surface area contributed by atoms with Crippen molar-refractivity contribution < 1.29 is 13.5 Å². The molecule has 0 saturated heterocycles. The number of rotatable bonds is 7. The van der Waals surface area contributed by atoms with Crippen molar-refractivity contribution in [1.29, 1.82) is 5.26 Å². The van der Waals surface area contributed by atoms with Gasteiger partial charge in [-0.05, 0) is 31.0 Å². The van der Waals surface area contributed by atoms with Gasteiger partial charge in [0.1, 0.15) is 5.82 Å². The van der Waals surface area contributed by atoms with Gasteiger partial charge in [0, 0.05) is 12.6 Å². The Kier molecular flexibility index (Phi) is 6.23. The minimum atomic E-state index is -0.567. The fourth-order valence-corrected chi connectivity index (χ4v) is 1.70. The predicted octanol–water partition coefficient (Wildman–Crippen LogP) is 2.66. The molecule has 1 rings (SSSR count). The molecule has 0 aliphatic rings. The van der Waals surface area contributed by atoms with Crippen LogP contribution in [0.1, 0.15) is 18.9 Å². The Morgan fingerprint density at radius 2 is 2.11 bits per heavy atom. The van der Waals surface area contributed by atoms with Crippen LogP contribution in [0.15, 0.2) is 12.1 Å². The highest BCUT2D eigenvalue weighted by molar-refractivity contribution is 5.31. The summed E-state index contributed by atoms with van der Waals surface area (Å²) in [4.78, 5) is 0. The molecular weight excluding hydrogens is 250 g/mol. The van der Waals surface area contributed by atoms with Crippen LogP contribution in [-0.2, 0) is 6.42 Å². The summed E-state index contributed by atoms with van der Waals surface area (Å²) in [7, 11) is 1.30. The van der Waals surface area contributed by atoms with Crippen LogP contribution in [0.25, 0.3) is 0 Å². The highest BCUT2D eigenvalue weighted by atomic mass is 19.1. The van der Waals surface area contributed by atoms with Crippen molar-refractivity contribution in [2.24, 2.45) is 5.92 Å². The Morgan fingerprint density at radius 1 is 1.37 bits per heavy atom. The van der Waals surface area contributed by atoms with Gasteiger partial charge in [0.2, 0.25) is 0 Å². The standard InChI is InChI=1S/C14H18F2N2O/c1-3-10(8-17)9-18-5-4-11-6-13(16)14(19-2)7-12(11)15/h6-7,10,18H,3-5,9H2,1-2H3. The Balaban J connectivity index is 2.50. The molecule has 0 aromatic heterocycles.